The fourth-order valence-electron chi connectivity index (χ4n) is 3.10. The molecule has 1 aliphatic heterocycles. The molecular weight excluding hydrogens is 332 g/mol. The number of rotatable bonds is 6. The highest BCUT2D eigenvalue weighted by atomic mass is 32.2. The molecule has 1 aromatic heterocycles. The molecule has 1 aromatic rings. The summed E-state index contributed by atoms with van der Waals surface area (Å²) in [7, 11) is -3.17. The molecule has 1 unspecified atom stereocenters. The molecule has 2 rings (SSSR count). The molecule has 7 heteroatoms. The van der Waals surface area contributed by atoms with Crippen LogP contribution < -0.4 is 4.72 Å². The Morgan fingerprint density at radius 3 is 2.78 bits per heavy atom. The highest BCUT2D eigenvalue weighted by molar-refractivity contribution is 7.88. The smallest absolute Gasteiger partial charge is 0.264 e. The summed E-state index contributed by atoms with van der Waals surface area (Å²) in [5.74, 6) is 0.0989. The Kier molecular flexibility index (Phi) is 6.22. The molecule has 1 aliphatic rings. The number of thiophene rings is 1. The fourth-order valence-corrected chi connectivity index (χ4v) is 4.66. The maximum atomic E-state index is 12.8. The van der Waals surface area contributed by atoms with Gasteiger partial charge in [0, 0.05) is 24.0 Å². The van der Waals surface area contributed by atoms with Crippen LogP contribution in [-0.2, 0) is 16.4 Å². The number of aryl methyl sites for hydroxylation is 2. The average Bonchev–Trinajstić information content (AvgIpc) is 2.87. The van der Waals surface area contributed by atoms with Gasteiger partial charge >= 0.3 is 0 Å². The van der Waals surface area contributed by atoms with Gasteiger partial charge in [0.1, 0.15) is 0 Å². The normalized spacial score (nSPS) is 19.1. The zero-order chi connectivity index (χ0) is 17.0. The van der Waals surface area contributed by atoms with Crippen molar-refractivity contribution in [2.75, 3.05) is 19.3 Å². The third kappa shape index (κ3) is 5.02. The number of hydrogen-bond donors (Lipinski definition) is 1. The zero-order valence-electron chi connectivity index (χ0n) is 14.1. The second-order valence-corrected chi connectivity index (χ2v) is 9.24. The minimum Gasteiger partial charge on any atom is -0.335 e. The number of piperidine rings is 1. The monoisotopic (exact) mass is 358 g/mol. The van der Waals surface area contributed by atoms with E-state index in [1.54, 1.807) is 11.3 Å². The molecule has 23 heavy (non-hydrogen) atoms. The summed E-state index contributed by atoms with van der Waals surface area (Å²) in [5, 5.41) is 0. The van der Waals surface area contributed by atoms with Crippen LogP contribution in [0.3, 0.4) is 0 Å². The van der Waals surface area contributed by atoms with Crippen LogP contribution in [0.5, 0.6) is 0 Å². The number of carbonyl (C=O) groups is 1. The van der Waals surface area contributed by atoms with Gasteiger partial charge in [0.2, 0.25) is 10.0 Å². The molecule has 5 nitrogen and oxygen atoms in total. The van der Waals surface area contributed by atoms with Gasteiger partial charge in [-0.25, -0.2) is 13.1 Å². The highest BCUT2D eigenvalue weighted by Crippen LogP contribution is 2.27. The van der Waals surface area contributed by atoms with E-state index in [0.717, 1.165) is 43.4 Å². The summed E-state index contributed by atoms with van der Waals surface area (Å²) in [6.07, 6.45) is 5.84. The van der Waals surface area contributed by atoms with Crippen molar-refractivity contribution in [1.82, 2.24) is 9.62 Å². The standard InChI is InChI=1S/C16H26N2O3S2/c1-4-13-11-15(22-12(13)2)16(19)18-10-6-5-7-14(18)8-9-17-23(3,20)21/h11,14,17H,4-10H2,1-3H3. The molecule has 1 atom stereocenters. The van der Waals surface area contributed by atoms with Crippen LogP contribution in [0.1, 0.15) is 52.7 Å². The van der Waals surface area contributed by atoms with Crippen molar-refractivity contribution in [3.63, 3.8) is 0 Å². The van der Waals surface area contributed by atoms with E-state index in [0.29, 0.717) is 13.0 Å². The largest absolute Gasteiger partial charge is 0.335 e. The van der Waals surface area contributed by atoms with E-state index in [9.17, 15) is 13.2 Å². The Morgan fingerprint density at radius 2 is 2.17 bits per heavy atom. The maximum Gasteiger partial charge on any atom is 0.264 e. The Labute approximate surface area is 143 Å². The topological polar surface area (TPSA) is 66.5 Å². The number of amides is 1. The van der Waals surface area contributed by atoms with Gasteiger partial charge in [-0.3, -0.25) is 4.79 Å². The van der Waals surface area contributed by atoms with Crippen LogP contribution >= 0.6 is 11.3 Å². The van der Waals surface area contributed by atoms with Crippen molar-refractivity contribution in [3.05, 3.63) is 21.4 Å². The third-order valence-corrected chi connectivity index (χ3v) is 6.15. The van der Waals surface area contributed by atoms with Gasteiger partial charge in [-0.15, -0.1) is 11.3 Å². The van der Waals surface area contributed by atoms with E-state index in [4.69, 9.17) is 0 Å². The molecule has 1 amide bonds. The number of likely N-dealkylation sites (tertiary alicyclic amines) is 1. The van der Waals surface area contributed by atoms with Crippen molar-refractivity contribution in [2.24, 2.45) is 0 Å². The van der Waals surface area contributed by atoms with E-state index in [-0.39, 0.29) is 11.9 Å². The molecule has 130 valence electrons. The molecule has 0 saturated carbocycles. The first-order valence-electron chi connectivity index (χ1n) is 8.16. The van der Waals surface area contributed by atoms with Crippen LogP contribution in [0.4, 0.5) is 0 Å². The van der Waals surface area contributed by atoms with Gasteiger partial charge in [-0.1, -0.05) is 6.92 Å². The lowest BCUT2D eigenvalue weighted by atomic mass is 9.99. The van der Waals surface area contributed by atoms with Gasteiger partial charge < -0.3 is 4.90 Å². The number of nitrogens with one attached hydrogen (secondary N) is 1. The first-order chi connectivity index (χ1) is 10.8. The molecular formula is C16H26N2O3S2. The van der Waals surface area contributed by atoms with Crippen molar-refractivity contribution >= 4 is 27.3 Å². The SMILES string of the molecule is CCc1cc(C(=O)N2CCCCC2CCNS(C)(=O)=O)sc1C. The Balaban J connectivity index is 2.05. The first-order valence-corrected chi connectivity index (χ1v) is 10.9. The second-order valence-electron chi connectivity index (χ2n) is 6.15. The summed E-state index contributed by atoms with van der Waals surface area (Å²) < 4.78 is 24.9. The molecule has 0 aromatic carbocycles. The summed E-state index contributed by atoms with van der Waals surface area (Å²) in [5.41, 5.74) is 1.24. The maximum absolute atomic E-state index is 12.8. The van der Waals surface area contributed by atoms with Gasteiger partial charge in [0.05, 0.1) is 11.1 Å². The van der Waals surface area contributed by atoms with Crippen LogP contribution in [-0.4, -0.2) is 44.6 Å². The third-order valence-electron chi connectivity index (χ3n) is 4.34. The van der Waals surface area contributed by atoms with Gasteiger partial charge in [0.25, 0.3) is 5.91 Å². The van der Waals surface area contributed by atoms with Crippen LogP contribution in [0.25, 0.3) is 0 Å². The lowest BCUT2D eigenvalue weighted by molar-refractivity contribution is 0.0609. The summed E-state index contributed by atoms with van der Waals surface area (Å²) >= 11 is 1.57. The number of nitrogens with zero attached hydrogens (tertiary/aromatic N) is 1. The van der Waals surface area contributed by atoms with Gasteiger partial charge in [-0.2, -0.15) is 0 Å². The van der Waals surface area contributed by atoms with Gasteiger partial charge in [0.15, 0.2) is 0 Å². The van der Waals surface area contributed by atoms with Crippen LogP contribution in [0, 0.1) is 6.92 Å². The lowest BCUT2D eigenvalue weighted by Crippen LogP contribution is -2.45. The molecule has 1 N–H and O–H groups in total. The molecule has 0 spiro atoms. The Bertz CT molecular complexity index is 652. The van der Waals surface area contributed by atoms with E-state index in [1.807, 2.05) is 11.0 Å². The molecule has 0 radical (unpaired) electrons. The van der Waals surface area contributed by atoms with Crippen LogP contribution in [0.2, 0.25) is 0 Å². The van der Waals surface area contributed by atoms with Crippen molar-refractivity contribution in [2.45, 2.75) is 52.0 Å². The predicted octanol–water partition coefficient (Wildman–Crippen LogP) is 2.55. The highest BCUT2D eigenvalue weighted by Gasteiger charge is 2.28. The van der Waals surface area contributed by atoms with E-state index >= 15 is 0 Å². The predicted molar refractivity (Wildman–Crippen MR) is 94.6 cm³/mol. The van der Waals surface area contributed by atoms with E-state index in [1.165, 1.54) is 10.4 Å². The van der Waals surface area contributed by atoms with E-state index < -0.39 is 10.0 Å². The van der Waals surface area contributed by atoms with Crippen molar-refractivity contribution < 1.29 is 13.2 Å². The summed E-state index contributed by atoms with van der Waals surface area (Å²) in [4.78, 5) is 16.8. The minimum absolute atomic E-state index is 0.0989. The second kappa shape index (κ2) is 7.77. The fraction of sp³-hybridized carbons (Fsp3) is 0.688. The number of hydrogen-bond acceptors (Lipinski definition) is 4. The summed E-state index contributed by atoms with van der Waals surface area (Å²) in [6.45, 7) is 5.31. The zero-order valence-corrected chi connectivity index (χ0v) is 15.7. The van der Waals surface area contributed by atoms with Gasteiger partial charge in [-0.05, 0) is 50.7 Å². The quantitative estimate of drug-likeness (QED) is 0.850. The molecule has 2 heterocycles. The van der Waals surface area contributed by atoms with Crippen molar-refractivity contribution in [1.29, 1.82) is 0 Å². The molecule has 1 saturated heterocycles. The molecule has 0 bridgehead atoms. The molecule has 1 fully saturated rings. The summed E-state index contributed by atoms with van der Waals surface area (Å²) in [6, 6.07) is 2.14. The average molecular weight is 359 g/mol. The van der Waals surface area contributed by atoms with Crippen molar-refractivity contribution in [3.8, 4) is 0 Å². The number of sulfonamides is 1. The number of carbonyl (C=O) groups excluding carboxylic acids is 1. The molecule has 0 aliphatic carbocycles. The Morgan fingerprint density at radius 1 is 1.43 bits per heavy atom. The lowest BCUT2D eigenvalue weighted by Gasteiger charge is -2.35. The van der Waals surface area contributed by atoms with E-state index in [2.05, 4.69) is 18.6 Å². The van der Waals surface area contributed by atoms with Crippen LogP contribution in [0.15, 0.2) is 6.07 Å². The first kappa shape index (κ1) is 18.4. The minimum atomic E-state index is -3.17. The Hall–Kier alpha value is -0.920.